The van der Waals surface area contributed by atoms with E-state index < -0.39 is 15.2 Å². The Morgan fingerprint density at radius 2 is 1.67 bits per heavy atom. The Labute approximate surface area is 57.4 Å². The molecule has 0 spiro atoms. The van der Waals surface area contributed by atoms with Crippen molar-refractivity contribution in [3.8, 4) is 0 Å². The van der Waals surface area contributed by atoms with Crippen LogP contribution in [-0.4, -0.2) is 25.2 Å². The monoisotopic (exact) mass is 144 g/mol. The molecule has 52 valence electrons. The molecule has 0 radical (unpaired) electrons. The number of rotatable bonds is 2. The van der Waals surface area contributed by atoms with Crippen LogP contribution < -0.4 is 0 Å². The molecule has 0 bridgehead atoms. The summed E-state index contributed by atoms with van der Waals surface area (Å²) in [7, 11) is -2.50. The van der Waals surface area contributed by atoms with Crippen molar-refractivity contribution < 1.29 is 10.0 Å². The molecule has 2 nitrogen and oxygen atoms in total. The summed E-state index contributed by atoms with van der Waals surface area (Å²) in [4.78, 5) is 0. The van der Waals surface area contributed by atoms with Crippen LogP contribution in [0.3, 0.4) is 0 Å². The highest BCUT2D eigenvalue weighted by Gasteiger charge is 2.08. The van der Waals surface area contributed by atoms with Gasteiger partial charge in [-0.1, -0.05) is 25.6 Å². The first-order chi connectivity index (χ1) is 3.92. The maximum atomic E-state index is 8.41. The second kappa shape index (κ2) is 3.20. The summed E-state index contributed by atoms with van der Waals surface area (Å²) in [5.41, 5.74) is 1.90. The van der Waals surface area contributed by atoms with Gasteiger partial charge in [0.2, 0.25) is 0 Å². The van der Waals surface area contributed by atoms with E-state index in [9.17, 15) is 0 Å². The zero-order valence-electron chi connectivity index (χ0n) is 6.13. The molecule has 0 aliphatic heterocycles. The Kier molecular flexibility index (Phi) is 3.18. The summed E-state index contributed by atoms with van der Waals surface area (Å²) < 4.78 is 0. The molecule has 2 N–H and O–H groups in total. The Hall–Kier alpha value is -0.0582. The summed E-state index contributed by atoms with van der Waals surface area (Å²) in [5.74, 6) is 1.42. The summed E-state index contributed by atoms with van der Waals surface area (Å²) in [5, 5.41) is 16.8. The quantitative estimate of drug-likeness (QED) is 0.552. The maximum Gasteiger partial charge on any atom is 0.479 e. The molecule has 0 unspecified atom stereocenters. The van der Waals surface area contributed by atoms with Crippen molar-refractivity contribution in [2.24, 2.45) is 0 Å². The molecule has 0 saturated heterocycles. The highest BCUT2D eigenvalue weighted by atomic mass is 28.3. The Bertz CT molecular complexity index is 106. The molecule has 0 aliphatic carbocycles. The molecule has 0 rings (SSSR count). The molecular weight excluding hydrogens is 131 g/mol. The van der Waals surface area contributed by atoms with Gasteiger partial charge in [-0.25, -0.2) is 0 Å². The minimum absolute atomic E-state index is 1.22. The first kappa shape index (κ1) is 8.94. The van der Waals surface area contributed by atoms with E-state index >= 15 is 0 Å². The first-order valence-corrected chi connectivity index (χ1v) is 6.55. The molecule has 0 aromatic rings. The second-order valence-electron chi connectivity index (χ2n) is 3.14. The third-order valence-electron chi connectivity index (χ3n) is 0.768. The molecular formula is C5H13BO2Si. The van der Waals surface area contributed by atoms with Gasteiger partial charge in [0.15, 0.2) is 0 Å². The van der Waals surface area contributed by atoms with E-state index in [1.54, 1.807) is 0 Å². The summed E-state index contributed by atoms with van der Waals surface area (Å²) >= 11 is 0. The van der Waals surface area contributed by atoms with Gasteiger partial charge in [-0.3, -0.25) is 0 Å². The average Bonchev–Trinajstić information content (AvgIpc) is 1.59. The van der Waals surface area contributed by atoms with E-state index in [0.717, 1.165) is 0 Å². The smallest absolute Gasteiger partial charge is 0.424 e. The van der Waals surface area contributed by atoms with Crippen LogP contribution in [0.2, 0.25) is 19.6 Å². The zero-order valence-corrected chi connectivity index (χ0v) is 7.13. The van der Waals surface area contributed by atoms with Gasteiger partial charge in [-0.2, -0.15) is 0 Å². The van der Waals surface area contributed by atoms with Crippen molar-refractivity contribution in [3.05, 3.63) is 11.7 Å². The van der Waals surface area contributed by atoms with Gasteiger partial charge in [0.1, 0.15) is 0 Å². The van der Waals surface area contributed by atoms with Crippen molar-refractivity contribution in [2.45, 2.75) is 19.6 Å². The largest absolute Gasteiger partial charge is 0.479 e. The van der Waals surface area contributed by atoms with Gasteiger partial charge < -0.3 is 10.0 Å². The van der Waals surface area contributed by atoms with Crippen LogP contribution in [-0.2, 0) is 0 Å². The predicted octanol–water partition coefficient (Wildman–Crippen LogP) is 0.432. The summed E-state index contributed by atoms with van der Waals surface area (Å²) in [6.45, 7) is 6.39. The standard InChI is InChI=1S/C5H13BO2Si/c1-9(2,3)5-4-6(7)8/h4-5,7-8H,1-3H3. The third-order valence-corrected chi connectivity index (χ3v) is 1.96. The molecule has 0 heterocycles. The number of hydrogen-bond acceptors (Lipinski definition) is 2. The van der Waals surface area contributed by atoms with E-state index in [4.69, 9.17) is 10.0 Å². The fourth-order valence-electron chi connectivity index (χ4n) is 0.375. The topological polar surface area (TPSA) is 40.5 Å². The van der Waals surface area contributed by atoms with Gasteiger partial charge in [0.25, 0.3) is 0 Å². The lowest BCUT2D eigenvalue weighted by Gasteiger charge is -2.07. The van der Waals surface area contributed by atoms with Crippen molar-refractivity contribution in [2.75, 3.05) is 0 Å². The molecule has 0 fully saturated rings. The van der Waals surface area contributed by atoms with Crippen LogP contribution in [0.1, 0.15) is 0 Å². The van der Waals surface area contributed by atoms with Crippen molar-refractivity contribution in [1.82, 2.24) is 0 Å². The van der Waals surface area contributed by atoms with Crippen LogP contribution >= 0.6 is 0 Å². The van der Waals surface area contributed by atoms with Crippen LogP contribution in [0.25, 0.3) is 0 Å². The van der Waals surface area contributed by atoms with Gasteiger partial charge in [-0.05, 0) is 0 Å². The van der Waals surface area contributed by atoms with Gasteiger partial charge in [-0.15, -0.1) is 5.70 Å². The van der Waals surface area contributed by atoms with Crippen LogP contribution in [0.15, 0.2) is 11.7 Å². The van der Waals surface area contributed by atoms with E-state index in [-0.39, 0.29) is 0 Å². The molecule has 0 amide bonds. The second-order valence-corrected chi connectivity index (χ2v) is 8.20. The Morgan fingerprint density at radius 1 is 1.22 bits per heavy atom. The van der Waals surface area contributed by atoms with Crippen LogP contribution in [0.4, 0.5) is 0 Å². The van der Waals surface area contributed by atoms with Gasteiger partial charge in [0.05, 0.1) is 8.07 Å². The molecule has 9 heavy (non-hydrogen) atoms. The summed E-state index contributed by atoms with van der Waals surface area (Å²) in [6.07, 6.45) is 0. The SMILES string of the molecule is C[Si](C)(C)C=CB(O)O. The van der Waals surface area contributed by atoms with Crippen molar-refractivity contribution in [3.63, 3.8) is 0 Å². The highest BCUT2D eigenvalue weighted by Crippen LogP contribution is 2.00. The van der Waals surface area contributed by atoms with Gasteiger partial charge in [0, 0.05) is 0 Å². The fourth-order valence-corrected chi connectivity index (χ4v) is 1.12. The minimum atomic E-state index is -1.28. The van der Waals surface area contributed by atoms with E-state index in [1.807, 2.05) is 5.70 Å². The predicted molar refractivity (Wildman–Crippen MR) is 42.7 cm³/mol. The molecule has 4 heteroatoms. The highest BCUT2D eigenvalue weighted by molar-refractivity contribution is 6.81. The lowest BCUT2D eigenvalue weighted by molar-refractivity contribution is 0.424. The Balaban J connectivity index is 3.71. The zero-order chi connectivity index (χ0) is 7.49. The van der Waals surface area contributed by atoms with Crippen molar-refractivity contribution in [1.29, 1.82) is 0 Å². The lowest BCUT2D eigenvalue weighted by atomic mass is 9.94. The maximum absolute atomic E-state index is 8.41. The van der Waals surface area contributed by atoms with Gasteiger partial charge >= 0.3 is 7.12 Å². The van der Waals surface area contributed by atoms with E-state index in [0.29, 0.717) is 0 Å². The molecule has 0 saturated carbocycles. The van der Waals surface area contributed by atoms with Crippen LogP contribution in [0, 0.1) is 0 Å². The first-order valence-electron chi connectivity index (χ1n) is 2.97. The molecule has 0 aromatic heterocycles. The number of hydrogen-bond donors (Lipinski definition) is 2. The van der Waals surface area contributed by atoms with E-state index in [2.05, 4.69) is 19.6 Å². The third kappa shape index (κ3) is 7.94. The lowest BCUT2D eigenvalue weighted by Crippen LogP contribution is -2.18. The fraction of sp³-hybridized carbons (Fsp3) is 0.600. The summed E-state index contributed by atoms with van der Waals surface area (Å²) in [6, 6.07) is 0. The molecule has 0 atom stereocenters. The van der Waals surface area contributed by atoms with Crippen molar-refractivity contribution >= 4 is 15.2 Å². The Morgan fingerprint density at radius 3 is 1.78 bits per heavy atom. The average molecular weight is 144 g/mol. The molecule has 0 aliphatic rings. The normalized spacial score (nSPS) is 12.6. The minimum Gasteiger partial charge on any atom is -0.424 e. The molecule has 0 aromatic carbocycles. The van der Waals surface area contributed by atoms with E-state index in [1.165, 1.54) is 5.98 Å². The van der Waals surface area contributed by atoms with Crippen LogP contribution in [0.5, 0.6) is 0 Å².